The Kier molecular flexibility index (Phi) is 9.69. The van der Waals surface area contributed by atoms with Crippen molar-refractivity contribution >= 4 is 22.7 Å². The first-order chi connectivity index (χ1) is 16.8. The van der Waals surface area contributed by atoms with E-state index in [1.165, 1.54) is 41.6 Å². The molecule has 10 nitrogen and oxygen atoms in total. The van der Waals surface area contributed by atoms with Gasteiger partial charge in [-0.05, 0) is 23.8 Å². The maximum atomic E-state index is 13.1. The maximum Gasteiger partial charge on any atom is 1.00 e. The number of benzene rings is 3. The zero-order chi connectivity index (χ0) is 25.9. The summed E-state index contributed by atoms with van der Waals surface area (Å²) in [4.78, 5) is 25.9. The number of esters is 2. The van der Waals surface area contributed by atoms with Gasteiger partial charge in [0.05, 0.1) is 55.3 Å². The molecule has 0 atom stereocenters. The number of phenols is 1. The van der Waals surface area contributed by atoms with E-state index in [1.807, 2.05) is 0 Å². The van der Waals surface area contributed by atoms with Crippen molar-refractivity contribution in [3.8, 4) is 45.6 Å². The number of fused-ring (bicyclic) bond motifs is 1. The van der Waals surface area contributed by atoms with Gasteiger partial charge in [-0.1, -0.05) is 6.07 Å². The second-order valence-electron chi connectivity index (χ2n) is 7.09. The Hall–Kier alpha value is -3.34. The molecule has 3 aromatic rings. The molecular formula is C25H27NaO10. The summed E-state index contributed by atoms with van der Waals surface area (Å²) in [6, 6.07) is 6.40. The van der Waals surface area contributed by atoms with Crippen LogP contribution < -0.4 is 53.2 Å². The molecule has 3 aromatic carbocycles. The smallest absolute Gasteiger partial charge is 1.00 e. The maximum absolute atomic E-state index is 13.1. The number of methoxy groups -OCH3 is 7. The molecule has 0 spiro atoms. The van der Waals surface area contributed by atoms with Crippen LogP contribution in [0.15, 0.2) is 24.3 Å². The average Bonchev–Trinajstić information content (AvgIpc) is 2.90. The van der Waals surface area contributed by atoms with E-state index in [0.717, 1.165) is 14.2 Å². The third-order valence-corrected chi connectivity index (χ3v) is 5.52. The van der Waals surface area contributed by atoms with E-state index in [-0.39, 0.29) is 75.7 Å². The molecular weight excluding hydrogens is 483 g/mol. The van der Waals surface area contributed by atoms with Gasteiger partial charge in [-0.25, -0.2) is 9.59 Å². The van der Waals surface area contributed by atoms with Crippen LogP contribution in [-0.4, -0.2) is 66.8 Å². The molecule has 188 valence electrons. The van der Waals surface area contributed by atoms with Gasteiger partial charge in [0.25, 0.3) is 0 Å². The predicted octanol–water partition coefficient (Wildman–Crippen LogP) is 0.945. The third-order valence-electron chi connectivity index (χ3n) is 5.52. The predicted molar refractivity (Wildman–Crippen MR) is 128 cm³/mol. The molecule has 0 bridgehead atoms. The van der Waals surface area contributed by atoms with Gasteiger partial charge in [0.1, 0.15) is 11.3 Å². The van der Waals surface area contributed by atoms with Crippen LogP contribution in [0.25, 0.3) is 21.9 Å². The van der Waals surface area contributed by atoms with Gasteiger partial charge in [-0.15, -0.1) is 0 Å². The van der Waals surface area contributed by atoms with Crippen molar-refractivity contribution in [3.63, 3.8) is 0 Å². The first kappa shape index (κ1) is 28.9. The summed E-state index contributed by atoms with van der Waals surface area (Å²) in [6.45, 7) is 0. The minimum atomic E-state index is -0.944. The fourth-order valence-corrected chi connectivity index (χ4v) is 3.98. The van der Waals surface area contributed by atoms with Crippen LogP contribution in [0.1, 0.15) is 22.1 Å². The minimum absolute atomic E-state index is 0. The summed E-state index contributed by atoms with van der Waals surface area (Å²) in [5.41, 5.74) is 0.0283. The summed E-state index contributed by atoms with van der Waals surface area (Å²) in [7, 11) is 9.49. The van der Waals surface area contributed by atoms with Crippen molar-refractivity contribution in [1.82, 2.24) is 0 Å². The molecule has 0 unspecified atom stereocenters. The molecule has 11 heteroatoms. The van der Waals surface area contributed by atoms with Gasteiger partial charge in [-0.3, -0.25) is 0 Å². The SMILES string of the molecule is COC(=O)c1c(C(=O)OC)c(-c2ccc(OC)c(OC)c2)c2c(OC)c(OC)c(OC)cc2c1O.[H-].[Na+]. The number of hydrogen-bond donors (Lipinski definition) is 1. The van der Waals surface area contributed by atoms with E-state index in [9.17, 15) is 14.7 Å². The van der Waals surface area contributed by atoms with Crippen LogP contribution in [-0.2, 0) is 9.47 Å². The Morgan fingerprint density at radius 1 is 0.694 bits per heavy atom. The summed E-state index contributed by atoms with van der Waals surface area (Å²) in [5.74, 6) is -0.944. The number of ether oxygens (including phenoxy) is 7. The van der Waals surface area contributed by atoms with Crippen LogP contribution in [0.5, 0.6) is 34.5 Å². The zero-order valence-electron chi connectivity index (χ0n) is 22.4. The topological polar surface area (TPSA) is 119 Å². The molecule has 36 heavy (non-hydrogen) atoms. The number of hydrogen-bond acceptors (Lipinski definition) is 10. The van der Waals surface area contributed by atoms with E-state index in [0.29, 0.717) is 17.1 Å². The summed E-state index contributed by atoms with van der Waals surface area (Å²) < 4.78 is 37.3. The van der Waals surface area contributed by atoms with Gasteiger partial charge in [-0.2, -0.15) is 0 Å². The van der Waals surface area contributed by atoms with Gasteiger partial charge in [0.15, 0.2) is 23.0 Å². The van der Waals surface area contributed by atoms with E-state index in [1.54, 1.807) is 18.2 Å². The van der Waals surface area contributed by atoms with Crippen molar-refractivity contribution in [2.75, 3.05) is 49.8 Å². The quantitative estimate of drug-likeness (QED) is 0.347. The largest absolute Gasteiger partial charge is 1.00 e. The molecule has 1 N–H and O–H groups in total. The third kappa shape index (κ3) is 4.71. The second-order valence-corrected chi connectivity index (χ2v) is 7.09. The van der Waals surface area contributed by atoms with Crippen molar-refractivity contribution in [2.45, 2.75) is 0 Å². The first-order valence-corrected chi connectivity index (χ1v) is 10.2. The summed E-state index contributed by atoms with van der Waals surface area (Å²) in [6.07, 6.45) is 0. The van der Waals surface area contributed by atoms with Gasteiger partial charge < -0.3 is 39.7 Å². The molecule has 0 aromatic heterocycles. The summed E-state index contributed by atoms with van der Waals surface area (Å²) in [5, 5.41) is 11.6. The Bertz CT molecular complexity index is 1310. The molecule has 3 rings (SSSR count). The van der Waals surface area contributed by atoms with Crippen molar-refractivity contribution in [1.29, 1.82) is 0 Å². The van der Waals surface area contributed by atoms with E-state index in [4.69, 9.17) is 33.2 Å². The number of phenolic OH excluding ortho intramolecular Hbond substituents is 1. The van der Waals surface area contributed by atoms with Crippen molar-refractivity contribution in [3.05, 3.63) is 35.4 Å². The Labute approximate surface area is 231 Å². The van der Waals surface area contributed by atoms with Gasteiger partial charge >= 0.3 is 41.5 Å². The number of carbonyl (C=O) groups excluding carboxylic acids is 2. The number of aromatic hydroxyl groups is 1. The van der Waals surface area contributed by atoms with Crippen LogP contribution in [0.2, 0.25) is 0 Å². The average molecular weight is 510 g/mol. The number of rotatable bonds is 8. The molecule has 0 aliphatic carbocycles. The molecule has 0 fully saturated rings. The molecule has 0 aliphatic heterocycles. The van der Waals surface area contributed by atoms with Crippen LogP contribution >= 0.6 is 0 Å². The molecule has 0 radical (unpaired) electrons. The van der Waals surface area contributed by atoms with Crippen LogP contribution in [0.4, 0.5) is 0 Å². The Morgan fingerprint density at radius 3 is 1.75 bits per heavy atom. The Morgan fingerprint density at radius 2 is 1.25 bits per heavy atom. The van der Waals surface area contributed by atoms with Crippen molar-refractivity contribution in [2.24, 2.45) is 0 Å². The summed E-state index contributed by atoms with van der Waals surface area (Å²) >= 11 is 0. The monoisotopic (exact) mass is 510 g/mol. The van der Waals surface area contributed by atoms with Gasteiger partial charge in [0, 0.05) is 16.3 Å². The standard InChI is InChI=1S/C25H26O10.Na.H/c1-29-14-9-8-12(10-15(14)30-2)17-18-13(11-16(31-3)22(32-4)23(18)33-5)21(26)20(25(28)35-7)19(17)24(27)34-6;;/h8-11,26H,1-7H3;;/q;+1;-1. The molecule has 0 heterocycles. The van der Waals surface area contributed by atoms with E-state index in [2.05, 4.69) is 0 Å². The molecule has 0 saturated heterocycles. The van der Waals surface area contributed by atoms with Gasteiger partial charge in [0.2, 0.25) is 5.75 Å². The minimum Gasteiger partial charge on any atom is -1.00 e. The molecule has 0 aliphatic rings. The molecule has 0 amide bonds. The van der Waals surface area contributed by atoms with E-state index >= 15 is 0 Å². The van der Waals surface area contributed by atoms with Crippen molar-refractivity contribution < 1.29 is 78.8 Å². The van der Waals surface area contributed by atoms with Crippen LogP contribution in [0.3, 0.4) is 0 Å². The molecule has 0 saturated carbocycles. The normalized spacial score (nSPS) is 10.2. The first-order valence-electron chi connectivity index (χ1n) is 10.2. The second kappa shape index (κ2) is 12.1. The van der Waals surface area contributed by atoms with E-state index < -0.39 is 17.7 Å². The van der Waals surface area contributed by atoms with Crippen LogP contribution in [0, 0.1) is 0 Å². The Balaban J connectivity index is 0.00000342. The number of carbonyl (C=O) groups is 2. The fourth-order valence-electron chi connectivity index (χ4n) is 3.98. The fraction of sp³-hybridized carbons (Fsp3) is 0.280. The zero-order valence-corrected chi connectivity index (χ0v) is 23.4.